The number of carbonyl (C=O) groups excluding carboxylic acids is 2. The predicted octanol–water partition coefficient (Wildman–Crippen LogP) is 2.21. The third-order valence-electron chi connectivity index (χ3n) is 5.94. The summed E-state index contributed by atoms with van der Waals surface area (Å²) in [4.78, 5) is 48.2. The number of ether oxygens (including phenoxy) is 2. The maximum absolute atomic E-state index is 12.7. The molecule has 32 heavy (non-hydrogen) atoms. The third-order valence-corrected chi connectivity index (χ3v) is 7.14. The molecule has 1 amide bonds. The number of fused-ring (bicyclic) bond motifs is 1. The van der Waals surface area contributed by atoms with Crippen molar-refractivity contribution in [3.8, 4) is 0 Å². The number of esters is 1. The minimum atomic E-state index is -0.421. The van der Waals surface area contributed by atoms with Gasteiger partial charge in [0.1, 0.15) is 5.00 Å². The van der Waals surface area contributed by atoms with Gasteiger partial charge in [0.15, 0.2) is 0 Å². The second kappa shape index (κ2) is 9.83. The Morgan fingerprint density at radius 3 is 2.72 bits per heavy atom. The SMILES string of the molecule is COC(=O)c1c(NC(=O)CCc2c(C)nc(N3CCOCC3)[nH]c2=O)sc2c1CCCC2. The maximum Gasteiger partial charge on any atom is 0.341 e. The van der Waals surface area contributed by atoms with Crippen molar-refractivity contribution < 1.29 is 19.1 Å². The summed E-state index contributed by atoms with van der Waals surface area (Å²) in [6.45, 7) is 4.35. The number of hydrogen-bond donors (Lipinski definition) is 2. The zero-order valence-electron chi connectivity index (χ0n) is 18.4. The van der Waals surface area contributed by atoms with Crippen LogP contribution in [0.25, 0.3) is 0 Å². The van der Waals surface area contributed by atoms with E-state index in [1.165, 1.54) is 18.4 Å². The van der Waals surface area contributed by atoms with Crippen LogP contribution in [0, 0.1) is 6.92 Å². The number of morpholine rings is 1. The second-order valence-corrected chi connectivity index (χ2v) is 9.11. The van der Waals surface area contributed by atoms with Gasteiger partial charge in [0.05, 0.1) is 25.9 Å². The van der Waals surface area contributed by atoms with Gasteiger partial charge >= 0.3 is 5.97 Å². The Hall–Kier alpha value is -2.72. The van der Waals surface area contributed by atoms with Crippen LogP contribution in [-0.4, -0.2) is 55.3 Å². The Kier molecular flexibility index (Phi) is 6.90. The number of H-pyrrole nitrogens is 1. The summed E-state index contributed by atoms with van der Waals surface area (Å²) in [6, 6.07) is 0. The topological polar surface area (TPSA) is 114 Å². The summed E-state index contributed by atoms with van der Waals surface area (Å²) in [6.07, 6.45) is 4.22. The Labute approximate surface area is 190 Å². The number of anilines is 2. The van der Waals surface area contributed by atoms with E-state index in [9.17, 15) is 14.4 Å². The summed E-state index contributed by atoms with van der Waals surface area (Å²) in [7, 11) is 1.35. The van der Waals surface area contributed by atoms with E-state index in [4.69, 9.17) is 9.47 Å². The highest BCUT2D eigenvalue weighted by Crippen LogP contribution is 2.38. The number of methoxy groups -OCH3 is 1. The lowest BCUT2D eigenvalue weighted by molar-refractivity contribution is -0.116. The fourth-order valence-corrected chi connectivity index (χ4v) is 5.51. The molecule has 1 aliphatic heterocycles. The molecule has 0 saturated carbocycles. The van der Waals surface area contributed by atoms with Gasteiger partial charge in [0.2, 0.25) is 11.9 Å². The Morgan fingerprint density at radius 2 is 2.00 bits per heavy atom. The number of hydrogen-bond acceptors (Lipinski definition) is 8. The molecule has 0 unspecified atom stereocenters. The normalized spacial score (nSPS) is 15.9. The predicted molar refractivity (Wildman–Crippen MR) is 122 cm³/mol. The standard InChI is InChI=1S/C22H28N4O5S/c1-13-14(19(28)25-22(23-13)26-9-11-31-12-10-26)7-8-17(27)24-20-18(21(29)30-2)15-5-3-4-6-16(15)32-20/h3-12H2,1-2H3,(H,24,27)(H,23,25,28). The molecular formula is C22H28N4O5S. The van der Waals surface area contributed by atoms with Gasteiger partial charge in [-0.15, -0.1) is 11.3 Å². The first kappa shape index (κ1) is 22.5. The van der Waals surface area contributed by atoms with E-state index >= 15 is 0 Å². The quantitative estimate of drug-likeness (QED) is 0.636. The van der Waals surface area contributed by atoms with Gasteiger partial charge in [-0.3, -0.25) is 14.6 Å². The molecule has 3 heterocycles. The zero-order valence-corrected chi connectivity index (χ0v) is 19.2. The number of nitrogens with zero attached hydrogens (tertiary/aromatic N) is 2. The molecule has 0 radical (unpaired) electrons. The lowest BCUT2D eigenvalue weighted by atomic mass is 9.95. The van der Waals surface area contributed by atoms with E-state index in [1.54, 1.807) is 6.92 Å². The number of amides is 1. The van der Waals surface area contributed by atoms with Gasteiger partial charge < -0.3 is 19.7 Å². The zero-order chi connectivity index (χ0) is 22.7. The first-order valence-electron chi connectivity index (χ1n) is 10.9. The van der Waals surface area contributed by atoms with Crippen molar-refractivity contribution in [2.75, 3.05) is 43.6 Å². The van der Waals surface area contributed by atoms with E-state index in [1.807, 2.05) is 4.90 Å². The van der Waals surface area contributed by atoms with Crippen molar-refractivity contribution in [1.82, 2.24) is 9.97 Å². The number of thiophene rings is 1. The summed E-state index contributed by atoms with van der Waals surface area (Å²) in [5.41, 5.74) is 2.36. The third kappa shape index (κ3) is 4.71. The smallest absolute Gasteiger partial charge is 0.341 e. The summed E-state index contributed by atoms with van der Waals surface area (Å²) < 4.78 is 10.3. The molecule has 1 aliphatic carbocycles. The number of aryl methyl sites for hydroxylation is 2. The molecule has 0 aromatic carbocycles. The van der Waals surface area contributed by atoms with E-state index in [0.29, 0.717) is 54.1 Å². The summed E-state index contributed by atoms with van der Waals surface area (Å²) in [5.74, 6) is -0.129. The molecule has 2 aromatic heterocycles. The van der Waals surface area contributed by atoms with Gasteiger partial charge in [-0.1, -0.05) is 0 Å². The highest BCUT2D eigenvalue weighted by molar-refractivity contribution is 7.17. The molecule has 9 nitrogen and oxygen atoms in total. The van der Waals surface area contributed by atoms with Crippen molar-refractivity contribution in [2.24, 2.45) is 0 Å². The first-order chi connectivity index (χ1) is 15.5. The number of nitrogens with one attached hydrogen (secondary N) is 2. The molecule has 10 heteroatoms. The molecule has 2 aliphatic rings. The van der Waals surface area contributed by atoms with Crippen LogP contribution >= 0.6 is 11.3 Å². The van der Waals surface area contributed by atoms with Gasteiger partial charge in [-0.25, -0.2) is 9.78 Å². The van der Waals surface area contributed by atoms with Crippen LogP contribution in [0.4, 0.5) is 10.9 Å². The molecule has 2 N–H and O–H groups in total. The Morgan fingerprint density at radius 1 is 1.25 bits per heavy atom. The molecule has 0 spiro atoms. The van der Waals surface area contributed by atoms with Crippen molar-refractivity contribution in [1.29, 1.82) is 0 Å². The Balaban J connectivity index is 1.45. The molecule has 172 valence electrons. The van der Waals surface area contributed by atoms with Gasteiger partial charge in [-0.2, -0.15) is 0 Å². The van der Waals surface area contributed by atoms with Crippen LogP contribution in [-0.2, 0) is 33.5 Å². The van der Waals surface area contributed by atoms with Crippen molar-refractivity contribution in [2.45, 2.75) is 45.4 Å². The molecule has 1 saturated heterocycles. The second-order valence-electron chi connectivity index (χ2n) is 8.01. The van der Waals surface area contributed by atoms with Crippen LogP contribution in [0.2, 0.25) is 0 Å². The van der Waals surface area contributed by atoms with Crippen LogP contribution in [0.1, 0.15) is 51.3 Å². The number of aromatic amines is 1. The van der Waals surface area contributed by atoms with Crippen LogP contribution < -0.4 is 15.8 Å². The van der Waals surface area contributed by atoms with E-state index in [0.717, 1.165) is 36.1 Å². The molecule has 0 atom stereocenters. The average Bonchev–Trinajstić information content (AvgIpc) is 3.16. The largest absolute Gasteiger partial charge is 0.465 e. The van der Waals surface area contributed by atoms with Crippen LogP contribution in [0.5, 0.6) is 0 Å². The van der Waals surface area contributed by atoms with Crippen LogP contribution in [0.3, 0.4) is 0 Å². The van der Waals surface area contributed by atoms with Crippen LogP contribution in [0.15, 0.2) is 4.79 Å². The fourth-order valence-electron chi connectivity index (χ4n) is 4.21. The molecule has 0 bridgehead atoms. The van der Waals surface area contributed by atoms with Gasteiger partial charge in [0.25, 0.3) is 5.56 Å². The highest BCUT2D eigenvalue weighted by atomic mass is 32.1. The van der Waals surface area contributed by atoms with E-state index < -0.39 is 5.97 Å². The average molecular weight is 461 g/mol. The lowest BCUT2D eigenvalue weighted by Crippen LogP contribution is -2.38. The Bertz CT molecular complexity index is 1070. The number of aromatic nitrogens is 2. The minimum Gasteiger partial charge on any atom is -0.465 e. The first-order valence-corrected chi connectivity index (χ1v) is 11.7. The highest BCUT2D eigenvalue weighted by Gasteiger charge is 2.27. The van der Waals surface area contributed by atoms with Crippen molar-refractivity contribution in [3.05, 3.63) is 37.6 Å². The molecule has 1 fully saturated rings. The number of rotatable bonds is 6. The van der Waals surface area contributed by atoms with E-state index in [-0.39, 0.29) is 24.3 Å². The molecule has 2 aromatic rings. The molecular weight excluding hydrogens is 432 g/mol. The van der Waals surface area contributed by atoms with Gasteiger partial charge in [-0.05, 0) is 44.6 Å². The van der Waals surface area contributed by atoms with Crippen molar-refractivity contribution >= 4 is 34.2 Å². The fraction of sp³-hybridized carbons (Fsp3) is 0.545. The number of carbonyl (C=O) groups is 2. The van der Waals surface area contributed by atoms with Gasteiger partial charge in [0, 0.05) is 35.6 Å². The summed E-state index contributed by atoms with van der Waals surface area (Å²) in [5, 5.41) is 3.42. The van der Waals surface area contributed by atoms with Crippen molar-refractivity contribution in [3.63, 3.8) is 0 Å². The maximum atomic E-state index is 12.7. The summed E-state index contributed by atoms with van der Waals surface area (Å²) >= 11 is 1.45. The molecule has 4 rings (SSSR count). The lowest BCUT2D eigenvalue weighted by Gasteiger charge is -2.27. The monoisotopic (exact) mass is 460 g/mol. The van der Waals surface area contributed by atoms with E-state index in [2.05, 4.69) is 15.3 Å². The minimum absolute atomic E-state index is 0.117.